The molecule has 15 heavy (non-hydrogen) atoms. The number of hydrogen-bond acceptors (Lipinski definition) is 2. The summed E-state index contributed by atoms with van der Waals surface area (Å²) in [5, 5.41) is 5.77. The van der Waals surface area contributed by atoms with Gasteiger partial charge in [0, 0.05) is 24.9 Å². The zero-order valence-corrected chi connectivity index (χ0v) is 9.51. The van der Waals surface area contributed by atoms with E-state index in [1.54, 1.807) is 0 Å². The van der Waals surface area contributed by atoms with Gasteiger partial charge in [0.15, 0.2) is 0 Å². The molecule has 1 saturated heterocycles. The van der Waals surface area contributed by atoms with E-state index in [1.165, 1.54) is 0 Å². The first-order valence-corrected chi connectivity index (χ1v) is 5.66. The van der Waals surface area contributed by atoms with E-state index >= 15 is 0 Å². The highest BCUT2D eigenvalue weighted by Crippen LogP contribution is 2.08. The summed E-state index contributed by atoms with van der Waals surface area (Å²) < 4.78 is 0. The lowest BCUT2D eigenvalue weighted by Crippen LogP contribution is -2.43. The Hall–Kier alpha value is -1.06. The fourth-order valence-electron chi connectivity index (χ4n) is 1.63. The molecule has 0 spiro atoms. The highest BCUT2D eigenvalue weighted by Gasteiger charge is 2.17. The third-order valence-corrected chi connectivity index (χ3v) is 2.62. The summed E-state index contributed by atoms with van der Waals surface area (Å²) in [6.07, 6.45) is 3.60. The Labute approximate surface area is 90.8 Å². The standard InChI is InChI=1S/C11H20N2O2/c1-8(2)11(15)12-7-9-5-3-4-6-10(14)13-9/h8-9H,3-7H2,1-2H3,(H,12,15)(H,13,14)/t9-/m1/s1. The number of hydrogen-bond donors (Lipinski definition) is 2. The summed E-state index contributed by atoms with van der Waals surface area (Å²) in [5.74, 6) is 0.163. The van der Waals surface area contributed by atoms with Crippen LogP contribution >= 0.6 is 0 Å². The molecular formula is C11H20N2O2. The SMILES string of the molecule is CC(C)C(=O)NC[C@H]1CCCCC(=O)N1. The van der Waals surface area contributed by atoms with Gasteiger partial charge in [0.1, 0.15) is 0 Å². The molecule has 0 aromatic carbocycles. The molecule has 0 aliphatic carbocycles. The van der Waals surface area contributed by atoms with Gasteiger partial charge in [0.05, 0.1) is 0 Å². The highest BCUT2D eigenvalue weighted by molar-refractivity contribution is 5.78. The first-order chi connectivity index (χ1) is 7.09. The monoisotopic (exact) mass is 212 g/mol. The van der Waals surface area contributed by atoms with Crippen molar-refractivity contribution in [2.45, 2.75) is 45.6 Å². The quantitative estimate of drug-likeness (QED) is 0.727. The van der Waals surface area contributed by atoms with Gasteiger partial charge >= 0.3 is 0 Å². The van der Waals surface area contributed by atoms with E-state index in [1.807, 2.05) is 13.8 Å². The van der Waals surface area contributed by atoms with Gasteiger partial charge in [0.25, 0.3) is 0 Å². The molecule has 1 heterocycles. The van der Waals surface area contributed by atoms with E-state index in [2.05, 4.69) is 10.6 Å². The number of rotatable bonds is 3. The molecule has 4 nitrogen and oxygen atoms in total. The van der Waals surface area contributed by atoms with E-state index in [4.69, 9.17) is 0 Å². The molecule has 4 heteroatoms. The zero-order chi connectivity index (χ0) is 11.3. The van der Waals surface area contributed by atoms with Crippen molar-refractivity contribution in [2.24, 2.45) is 5.92 Å². The molecule has 2 N–H and O–H groups in total. The van der Waals surface area contributed by atoms with Crippen molar-refractivity contribution < 1.29 is 9.59 Å². The van der Waals surface area contributed by atoms with Crippen molar-refractivity contribution in [3.63, 3.8) is 0 Å². The molecule has 1 aliphatic rings. The van der Waals surface area contributed by atoms with E-state index in [-0.39, 0.29) is 23.8 Å². The van der Waals surface area contributed by atoms with Gasteiger partial charge in [-0.05, 0) is 12.8 Å². The molecule has 1 rings (SSSR count). The molecule has 0 saturated carbocycles. The van der Waals surface area contributed by atoms with Crippen LogP contribution in [-0.2, 0) is 9.59 Å². The molecule has 2 amide bonds. The maximum atomic E-state index is 11.3. The second-order valence-electron chi connectivity index (χ2n) is 4.41. The Balaban J connectivity index is 2.30. The van der Waals surface area contributed by atoms with E-state index in [9.17, 15) is 9.59 Å². The number of nitrogens with one attached hydrogen (secondary N) is 2. The first-order valence-electron chi connectivity index (χ1n) is 5.66. The third-order valence-electron chi connectivity index (χ3n) is 2.62. The van der Waals surface area contributed by atoms with Crippen LogP contribution in [0.4, 0.5) is 0 Å². The van der Waals surface area contributed by atoms with Crippen LogP contribution in [0.3, 0.4) is 0 Å². The van der Waals surface area contributed by atoms with Crippen molar-refractivity contribution in [2.75, 3.05) is 6.54 Å². The van der Waals surface area contributed by atoms with Gasteiger partial charge in [-0.2, -0.15) is 0 Å². The van der Waals surface area contributed by atoms with Gasteiger partial charge in [-0.1, -0.05) is 20.3 Å². The summed E-state index contributed by atoms with van der Waals surface area (Å²) in [7, 11) is 0. The van der Waals surface area contributed by atoms with E-state index in [0.717, 1.165) is 19.3 Å². The topological polar surface area (TPSA) is 58.2 Å². The fourth-order valence-corrected chi connectivity index (χ4v) is 1.63. The minimum atomic E-state index is 0.00600. The predicted molar refractivity (Wildman–Crippen MR) is 58.2 cm³/mol. The second kappa shape index (κ2) is 5.73. The van der Waals surface area contributed by atoms with Crippen LogP contribution in [-0.4, -0.2) is 24.4 Å². The van der Waals surface area contributed by atoms with E-state index in [0.29, 0.717) is 13.0 Å². The number of carbonyl (C=O) groups is 2. The Morgan fingerprint density at radius 2 is 2.27 bits per heavy atom. The van der Waals surface area contributed by atoms with Gasteiger partial charge in [0.2, 0.25) is 11.8 Å². The van der Waals surface area contributed by atoms with Gasteiger partial charge in [-0.25, -0.2) is 0 Å². The van der Waals surface area contributed by atoms with Gasteiger partial charge in [-0.15, -0.1) is 0 Å². The van der Waals surface area contributed by atoms with Crippen molar-refractivity contribution in [1.29, 1.82) is 0 Å². The van der Waals surface area contributed by atoms with Crippen LogP contribution in [0.15, 0.2) is 0 Å². The van der Waals surface area contributed by atoms with Crippen LogP contribution in [0, 0.1) is 5.92 Å². The second-order valence-corrected chi connectivity index (χ2v) is 4.41. The maximum absolute atomic E-state index is 11.3. The lowest BCUT2D eigenvalue weighted by molar-refractivity contribution is -0.125. The van der Waals surface area contributed by atoms with Crippen LogP contribution < -0.4 is 10.6 Å². The summed E-state index contributed by atoms with van der Waals surface area (Å²) in [6.45, 7) is 4.28. The largest absolute Gasteiger partial charge is 0.354 e. The molecule has 86 valence electrons. The summed E-state index contributed by atoms with van der Waals surface area (Å²) in [5.41, 5.74) is 0. The van der Waals surface area contributed by atoms with Crippen molar-refractivity contribution in [3.05, 3.63) is 0 Å². The summed E-state index contributed by atoms with van der Waals surface area (Å²) >= 11 is 0. The predicted octanol–water partition coefficient (Wildman–Crippen LogP) is 0.817. The lowest BCUT2D eigenvalue weighted by atomic mass is 10.1. The smallest absolute Gasteiger partial charge is 0.222 e. The fraction of sp³-hybridized carbons (Fsp3) is 0.818. The van der Waals surface area contributed by atoms with Crippen molar-refractivity contribution >= 4 is 11.8 Å². The Kier molecular flexibility index (Phi) is 4.59. The number of amides is 2. The van der Waals surface area contributed by atoms with Crippen molar-refractivity contribution in [3.8, 4) is 0 Å². The third kappa shape index (κ3) is 4.32. The molecule has 1 aliphatic heterocycles. The molecule has 0 aromatic heterocycles. The zero-order valence-electron chi connectivity index (χ0n) is 9.51. The average Bonchev–Trinajstić information content (AvgIpc) is 2.38. The minimum absolute atomic E-state index is 0.00600. The highest BCUT2D eigenvalue weighted by atomic mass is 16.2. The molecule has 0 radical (unpaired) electrons. The normalized spacial score (nSPS) is 22.1. The Bertz CT molecular complexity index is 239. The van der Waals surface area contributed by atoms with Crippen LogP contribution in [0.5, 0.6) is 0 Å². The average molecular weight is 212 g/mol. The molecular weight excluding hydrogens is 192 g/mol. The molecule has 0 bridgehead atoms. The first kappa shape index (κ1) is 12.0. The molecule has 1 atom stereocenters. The Morgan fingerprint density at radius 1 is 1.53 bits per heavy atom. The minimum Gasteiger partial charge on any atom is -0.354 e. The van der Waals surface area contributed by atoms with Crippen LogP contribution in [0.2, 0.25) is 0 Å². The lowest BCUT2D eigenvalue weighted by Gasteiger charge is -2.17. The molecule has 0 aromatic rings. The van der Waals surface area contributed by atoms with Crippen molar-refractivity contribution in [1.82, 2.24) is 10.6 Å². The van der Waals surface area contributed by atoms with Crippen LogP contribution in [0.1, 0.15) is 39.5 Å². The summed E-state index contributed by atoms with van der Waals surface area (Å²) in [6, 6.07) is 0.114. The molecule has 0 unspecified atom stereocenters. The van der Waals surface area contributed by atoms with Crippen LogP contribution in [0.25, 0.3) is 0 Å². The molecule has 1 fully saturated rings. The summed E-state index contributed by atoms with van der Waals surface area (Å²) in [4.78, 5) is 22.6. The van der Waals surface area contributed by atoms with Gasteiger partial charge in [-0.3, -0.25) is 9.59 Å². The Morgan fingerprint density at radius 3 is 2.93 bits per heavy atom. The maximum Gasteiger partial charge on any atom is 0.222 e. The van der Waals surface area contributed by atoms with Gasteiger partial charge < -0.3 is 10.6 Å². The van der Waals surface area contributed by atoms with E-state index < -0.39 is 0 Å². The number of carbonyl (C=O) groups excluding carboxylic acids is 2.